The largest absolute Gasteiger partial charge is 0.483 e. The van der Waals surface area contributed by atoms with Crippen LogP contribution in [0, 0.1) is 0 Å². The van der Waals surface area contributed by atoms with Crippen molar-refractivity contribution in [3.05, 3.63) is 42.9 Å². The number of hydrogen-bond acceptors (Lipinski definition) is 6. The number of ether oxygens (including phenoxy) is 2. The Labute approximate surface area is 181 Å². The summed E-state index contributed by atoms with van der Waals surface area (Å²) in [7, 11) is 2.00. The normalized spacial score (nSPS) is 16.9. The minimum atomic E-state index is 0.00396. The summed E-state index contributed by atoms with van der Waals surface area (Å²) in [5.41, 5.74) is 1.09. The van der Waals surface area contributed by atoms with E-state index < -0.39 is 0 Å². The zero-order valence-corrected chi connectivity index (χ0v) is 17.7. The number of rotatable bonds is 6. The van der Waals surface area contributed by atoms with E-state index in [1.807, 2.05) is 53.0 Å². The molecular formula is C23H27N5O3. The van der Waals surface area contributed by atoms with E-state index in [0.717, 1.165) is 48.4 Å². The Balaban J connectivity index is 1.15. The maximum Gasteiger partial charge on any atom is 0.260 e. The van der Waals surface area contributed by atoms with Gasteiger partial charge in [0.2, 0.25) is 5.88 Å². The monoisotopic (exact) mass is 421 g/mol. The number of amides is 1. The lowest BCUT2D eigenvalue weighted by molar-refractivity contribution is -0.133. The van der Waals surface area contributed by atoms with Gasteiger partial charge in [0.1, 0.15) is 24.0 Å². The summed E-state index contributed by atoms with van der Waals surface area (Å²) in [5, 5.41) is 1.02. The van der Waals surface area contributed by atoms with Gasteiger partial charge in [-0.15, -0.1) is 0 Å². The molecule has 1 saturated heterocycles. The molecule has 1 amide bonds. The van der Waals surface area contributed by atoms with E-state index in [0.29, 0.717) is 25.1 Å². The van der Waals surface area contributed by atoms with Crippen LogP contribution in [0.4, 0.5) is 5.82 Å². The first-order valence-electron chi connectivity index (χ1n) is 10.9. The molecule has 5 rings (SSSR count). The number of piperazine rings is 1. The number of aryl methyl sites for hydroxylation is 1. The second-order valence-electron chi connectivity index (χ2n) is 8.16. The summed E-state index contributed by atoms with van der Waals surface area (Å²) in [6.07, 6.45) is 7.26. The van der Waals surface area contributed by atoms with Crippen molar-refractivity contribution in [3.8, 4) is 11.6 Å². The highest BCUT2D eigenvalue weighted by Gasteiger charge is 2.24. The SMILES string of the molecule is Cn1ccc2c(OCC(=O)N3CCN(c4cc(OC5CCC5)ncn4)CC3)cccc21. The molecular weight excluding hydrogens is 394 g/mol. The van der Waals surface area contributed by atoms with Crippen LogP contribution in [0.25, 0.3) is 10.9 Å². The zero-order chi connectivity index (χ0) is 21.2. The van der Waals surface area contributed by atoms with Crippen molar-refractivity contribution >= 4 is 22.6 Å². The van der Waals surface area contributed by atoms with Crippen LogP contribution in [-0.4, -0.2) is 64.2 Å². The number of fused-ring (bicyclic) bond motifs is 1. The molecule has 1 aliphatic heterocycles. The minimum absolute atomic E-state index is 0.00396. The smallest absolute Gasteiger partial charge is 0.260 e. The van der Waals surface area contributed by atoms with Gasteiger partial charge in [0.25, 0.3) is 5.91 Å². The summed E-state index contributed by atoms with van der Waals surface area (Å²) in [6, 6.07) is 9.81. The van der Waals surface area contributed by atoms with E-state index in [1.165, 1.54) is 6.42 Å². The molecule has 1 aliphatic carbocycles. The highest BCUT2D eigenvalue weighted by atomic mass is 16.5. The number of benzene rings is 1. The topological polar surface area (TPSA) is 72.7 Å². The van der Waals surface area contributed by atoms with E-state index in [1.54, 1.807) is 6.33 Å². The van der Waals surface area contributed by atoms with Gasteiger partial charge >= 0.3 is 0 Å². The highest BCUT2D eigenvalue weighted by molar-refractivity contribution is 5.87. The van der Waals surface area contributed by atoms with Gasteiger partial charge < -0.3 is 23.8 Å². The van der Waals surface area contributed by atoms with Gasteiger partial charge in [-0.3, -0.25) is 4.79 Å². The summed E-state index contributed by atoms with van der Waals surface area (Å²) in [6.45, 7) is 2.77. The lowest BCUT2D eigenvalue weighted by Crippen LogP contribution is -2.50. The van der Waals surface area contributed by atoms with Gasteiger partial charge in [0.15, 0.2) is 6.61 Å². The average Bonchev–Trinajstić information content (AvgIpc) is 3.16. The molecule has 1 aromatic carbocycles. The van der Waals surface area contributed by atoms with E-state index >= 15 is 0 Å². The standard InChI is InChI=1S/C23H27N5O3/c1-26-9-8-18-19(26)6-3-7-20(18)30-15-23(29)28-12-10-27(11-13-28)21-14-22(25-16-24-21)31-17-4-2-5-17/h3,6-9,14,16-17H,2,4-5,10-13,15H2,1H3. The van der Waals surface area contributed by atoms with Crippen molar-refractivity contribution < 1.29 is 14.3 Å². The van der Waals surface area contributed by atoms with E-state index in [2.05, 4.69) is 14.9 Å². The molecule has 0 atom stereocenters. The van der Waals surface area contributed by atoms with Gasteiger partial charge in [-0.1, -0.05) is 6.07 Å². The van der Waals surface area contributed by atoms with Crippen molar-refractivity contribution in [1.82, 2.24) is 19.4 Å². The predicted molar refractivity (Wildman–Crippen MR) is 118 cm³/mol. The highest BCUT2D eigenvalue weighted by Crippen LogP contribution is 2.27. The predicted octanol–water partition coefficient (Wildman–Crippen LogP) is 2.63. The molecule has 3 heterocycles. The molecule has 3 aromatic rings. The number of nitrogens with zero attached hydrogens (tertiary/aromatic N) is 5. The fourth-order valence-corrected chi connectivity index (χ4v) is 4.04. The molecule has 162 valence electrons. The summed E-state index contributed by atoms with van der Waals surface area (Å²) in [4.78, 5) is 25.4. The average molecular weight is 422 g/mol. The van der Waals surface area contributed by atoms with Crippen molar-refractivity contribution in [2.45, 2.75) is 25.4 Å². The summed E-state index contributed by atoms with van der Waals surface area (Å²) in [5.74, 6) is 2.23. The number of anilines is 1. The summed E-state index contributed by atoms with van der Waals surface area (Å²) >= 11 is 0. The Morgan fingerprint density at radius 1 is 1.13 bits per heavy atom. The lowest BCUT2D eigenvalue weighted by Gasteiger charge is -2.35. The number of hydrogen-bond donors (Lipinski definition) is 0. The second kappa shape index (κ2) is 8.45. The van der Waals surface area contributed by atoms with E-state index in [9.17, 15) is 4.79 Å². The third-order valence-corrected chi connectivity index (χ3v) is 6.16. The number of carbonyl (C=O) groups is 1. The first kappa shape index (κ1) is 19.7. The number of carbonyl (C=O) groups excluding carboxylic acids is 1. The first-order chi connectivity index (χ1) is 15.2. The van der Waals surface area contributed by atoms with Crippen molar-refractivity contribution in [3.63, 3.8) is 0 Å². The third-order valence-electron chi connectivity index (χ3n) is 6.16. The van der Waals surface area contributed by atoms with E-state index in [4.69, 9.17) is 9.47 Å². The van der Waals surface area contributed by atoms with Gasteiger partial charge in [-0.05, 0) is 37.5 Å². The Hall–Kier alpha value is -3.29. The van der Waals surface area contributed by atoms with Crippen molar-refractivity contribution in [1.29, 1.82) is 0 Å². The fraction of sp³-hybridized carbons (Fsp3) is 0.435. The molecule has 31 heavy (non-hydrogen) atoms. The van der Waals surface area contributed by atoms with Gasteiger partial charge in [-0.2, -0.15) is 0 Å². The van der Waals surface area contributed by atoms with Crippen LogP contribution in [-0.2, 0) is 11.8 Å². The molecule has 2 fully saturated rings. The van der Waals surface area contributed by atoms with Gasteiger partial charge in [0, 0.05) is 50.9 Å². The molecule has 0 N–H and O–H groups in total. The number of aromatic nitrogens is 3. The van der Waals surface area contributed by atoms with Crippen LogP contribution in [0.3, 0.4) is 0 Å². The Morgan fingerprint density at radius 3 is 2.74 bits per heavy atom. The Morgan fingerprint density at radius 2 is 1.97 bits per heavy atom. The Bertz CT molecular complexity index is 1070. The first-order valence-corrected chi connectivity index (χ1v) is 10.9. The maximum absolute atomic E-state index is 12.7. The fourth-order valence-electron chi connectivity index (χ4n) is 4.04. The molecule has 8 heteroatoms. The van der Waals surface area contributed by atoms with Crippen LogP contribution in [0.5, 0.6) is 11.6 Å². The minimum Gasteiger partial charge on any atom is -0.483 e. The van der Waals surface area contributed by atoms with Crippen molar-refractivity contribution in [2.24, 2.45) is 7.05 Å². The summed E-state index contributed by atoms with van der Waals surface area (Å²) < 4.78 is 13.8. The molecule has 2 aliphatic rings. The van der Waals surface area contributed by atoms with Crippen LogP contribution in [0.15, 0.2) is 42.9 Å². The van der Waals surface area contributed by atoms with Crippen LogP contribution < -0.4 is 14.4 Å². The lowest BCUT2D eigenvalue weighted by atomic mass is 9.96. The third kappa shape index (κ3) is 4.15. The molecule has 0 unspecified atom stereocenters. The molecule has 0 radical (unpaired) electrons. The quantitative estimate of drug-likeness (QED) is 0.609. The second-order valence-corrected chi connectivity index (χ2v) is 8.16. The Kier molecular flexibility index (Phi) is 5.36. The van der Waals surface area contributed by atoms with E-state index in [-0.39, 0.29) is 12.5 Å². The van der Waals surface area contributed by atoms with Gasteiger partial charge in [0.05, 0.1) is 5.52 Å². The maximum atomic E-state index is 12.7. The zero-order valence-electron chi connectivity index (χ0n) is 17.7. The molecule has 0 bridgehead atoms. The van der Waals surface area contributed by atoms with Crippen LogP contribution >= 0.6 is 0 Å². The van der Waals surface area contributed by atoms with Crippen molar-refractivity contribution in [2.75, 3.05) is 37.7 Å². The molecule has 1 saturated carbocycles. The van der Waals surface area contributed by atoms with Crippen LogP contribution in [0.2, 0.25) is 0 Å². The van der Waals surface area contributed by atoms with Gasteiger partial charge in [-0.25, -0.2) is 9.97 Å². The molecule has 8 nitrogen and oxygen atoms in total. The molecule has 2 aromatic heterocycles. The molecule has 0 spiro atoms. The van der Waals surface area contributed by atoms with Crippen LogP contribution in [0.1, 0.15) is 19.3 Å².